The molecule has 13 rings (SSSR count). The zero-order chi connectivity index (χ0) is 40.5. The van der Waals surface area contributed by atoms with Crippen molar-refractivity contribution in [2.24, 2.45) is 5.92 Å². The van der Waals surface area contributed by atoms with Crippen LogP contribution in [0.15, 0.2) is 200 Å². The van der Waals surface area contributed by atoms with E-state index in [1.165, 1.54) is 96.2 Å². The van der Waals surface area contributed by atoms with Crippen molar-refractivity contribution in [2.75, 3.05) is 4.90 Å². The lowest BCUT2D eigenvalue weighted by molar-refractivity contribution is 0.420. The van der Waals surface area contributed by atoms with Crippen molar-refractivity contribution in [1.82, 2.24) is 0 Å². The van der Waals surface area contributed by atoms with E-state index in [1.54, 1.807) is 0 Å². The molecule has 3 heteroatoms. The summed E-state index contributed by atoms with van der Waals surface area (Å²) >= 11 is 3.76. The Balaban J connectivity index is 1.01. The van der Waals surface area contributed by atoms with Crippen LogP contribution < -0.4 is 4.90 Å². The largest absolute Gasteiger partial charge is 0.308 e. The van der Waals surface area contributed by atoms with Gasteiger partial charge >= 0.3 is 0 Å². The van der Waals surface area contributed by atoms with E-state index in [1.807, 2.05) is 22.7 Å². The fourth-order valence-electron chi connectivity index (χ4n) is 11.6. The first kappa shape index (κ1) is 35.3. The Morgan fingerprint density at radius 2 is 1.05 bits per heavy atom. The first-order chi connectivity index (χ1) is 30.0. The molecule has 0 fully saturated rings. The minimum absolute atomic E-state index is 0.107. The zero-order valence-electron chi connectivity index (χ0n) is 34.0. The molecule has 0 N–H and O–H groups in total. The Hall–Kier alpha value is -6.52. The third kappa shape index (κ3) is 4.82. The number of rotatable bonds is 4. The summed E-state index contributed by atoms with van der Waals surface area (Å²) in [6.07, 6.45) is 9.48. The number of fused-ring (bicyclic) bond motifs is 15. The van der Waals surface area contributed by atoms with Gasteiger partial charge < -0.3 is 4.90 Å². The Kier molecular flexibility index (Phi) is 7.51. The van der Waals surface area contributed by atoms with Crippen molar-refractivity contribution < 1.29 is 0 Å². The maximum atomic E-state index is 2.55. The van der Waals surface area contributed by atoms with Crippen molar-refractivity contribution in [3.05, 3.63) is 234 Å². The normalized spacial score (nSPS) is 17.8. The third-order valence-corrected chi connectivity index (χ3v) is 16.6. The summed E-state index contributed by atoms with van der Waals surface area (Å²) in [5, 5.41) is 5.21. The van der Waals surface area contributed by atoms with E-state index < -0.39 is 0 Å². The molecule has 61 heavy (non-hydrogen) atoms. The summed E-state index contributed by atoms with van der Waals surface area (Å²) in [4.78, 5) is 2.52. The molecular weight excluding hydrogens is 775 g/mol. The van der Waals surface area contributed by atoms with Gasteiger partial charge in [-0.3, -0.25) is 0 Å². The second-order valence-electron chi connectivity index (χ2n) is 17.5. The van der Waals surface area contributed by atoms with Crippen LogP contribution in [0.2, 0.25) is 0 Å². The molecule has 1 spiro atoms. The highest BCUT2D eigenvalue weighted by Crippen LogP contribution is 2.65. The van der Waals surface area contributed by atoms with Crippen LogP contribution in [0.1, 0.15) is 53.1 Å². The third-order valence-electron chi connectivity index (χ3n) is 14.2. The van der Waals surface area contributed by atoms with Crippen LogP contribution in [0.25, 0.3) is 51.5 Å². The highest BCUT2D eigenvalue weighted by atomic mass is 32.1. The summed E-state index contributed by atoms with van der Waals surface area (Å²) in [6.45, 7) is 4.82. The van der Waals surface area contributed by atoms with Crippen LogP contribution >= 0.6 is 22.7 Å². The highest BCUT2D eigenvalue weighted by molar-refractivity contribution is 7.26. The van der Waals surface area contributed by atoms with Gasteiger partial charge in [-0.1, -0.05) is 166 Å². The Morgan fingerprint density at radius 3 is 1.82 bits per heavy atom. The highest BCUT2D eigenvalue weighted by Gasteiger charge is 2.57. The molecule has 290 valence electrons. The number of benzene rings is 8. The molecule has 2 unspecified atom stereocenters. The molecule has 8 aromatic carbocycles. The van der Waals surface area contributed by atoms with Gasteiger partial charge in [-0.2, -0.15) is 0 Å². The van der Waals surface area contributed by atoms with Gasteiger partial charge in [0.15, 0.2) is 0 Å². The van der Waals surface area contributed by atoms with E-state index in [2.05, 4.69) is 219 Å². The average Bonchev–Trinajstić information content (AvgIpc) is 3.98. The Morgan fingerprint density at radius 1 is 0.459 bits per heavy atom. The molecule has 10 aromatic rings. The Bertz CT molecular complexity index is 3430. The van der Waals surface area contributed by atoms with E-state index in [4.69, 9.17) is 0 Å². The maximum absolute atomic E-state index is 2.55. The maximum Gasteiger partial charge on any atom is 0.0640 e. The quantitative estimate of drug-likeness (QED) is 0.171. The molecule has 0 radical (unpaired) electrons. The minimum atomic E-state index is -0.304. The monoisotopic (exact) mass is 815 g/mol. The van der Waals surface area contributed by atoms with E-state index in [9.17, 15) is 0 Å². The smallest absolute Gasteiger partial charge is 0.0640 e. The lowest BCUT2D eigenvalue weighted by Gasteiger charge is -2.49. The van der Waals surface area contributed by atoms with E-state index in [0.717, 1.165) is 5.69 Å². The Labute approximate surface area is 364 Å². The van der Waals surface area contributed by atoms with Gasteiger partial charge in [0.05, 0.1) is 21.5 Å². The summed E-state index contributed by atoms with van der Waals surface area (Å²) in [7, 11) is 0. The summed E-state index contributed by atoms with van der Waals surface area (Å²) in [6, 6.07) is 66.7. The summed E-state index contributed by atoms with van der Waals surface area (Å²) in [5.41, 5.74) is 14.2. The molecule has 0 aliphatic heterocycles. The average molecular weight is 816 g/mol. The molecule has 3 aliphatic rings. The van der Waals surface area contributed by atoms with Crippen LogP contribution in [0, 0.1) is 5.92 Å². The van der Waals surface area contributed by atoms with Crippen LogP contribution in [0.5, 0.6) is 0 Å². The van der Waals surface area contributed by atoms with Gasteiger partial charge in [-0.15, -0.1) is 22.7 Å². The number of allylic oxidation sites excluding steroid dienone is 4. The standard InChI is InChI=1S/C58H41NS2/c1-57(2)45-20-7-9-22-47(45)58(48-23-10-8-21-46(48)57)44-19-6-3-15-39(44)40-34-31-37(35-49(40)58)36-29-32-38(33-30-36)59(50-24-14-28-54-55(50)43-17-5-12-27-53(43)60-54)51-25-13-18-42-41-16-4-11-26-52(41)61-56(42)51/h3-35,39,44H,1-2H3. The van der Waals surface area contributed by atoms with Crippen molar-refractivity contribution in [3.8, 4) is 11.1 Å². The molecule has 0 saturated carbocycles. The number of hydrogen-bond acceptors (Lipinski definition) is 3. The molecule has 2 heterocycles. The van der Waals surface area contributed by atoms with Crippen LogP contribution in [-0.2, 0) is 10.8 Å². The fraction of sp³-hybridized carbons (Fsp3) is 0.103. The molecule has 2 aromatic heterocycles. The lowest BCUT2D eigenvalue weighted by Crippen LogP contribution is -2.44. The second-order valence-corrected chi connectivity index (χ2v) is 19.7. The second kappa shape index (κ2) is 13.0. The van der Waals surface area contributed by atoms with Gasteiger partial charge in [-0.05, 0) is 93.0 Å². The lowest BCUT2D eigenvalue weighted by atomic mass is 9.53. The van der Waals surface area contributed by atoms with Gasteiger partial charge in [-0.25, -0.2) is 0 Å². The van der Waals surface area contributed by atoms with Crippen molar-refractivity contribution in [3.63, 3.8) is 0 Å². The summed E-state index contributed by atoms with van der Waals surface area (Å²) in [5.74, 6) is 0.587. The molecule has 3 aliphatic carbocycles. The van der Waals surface area contributed by atoms with E-state index >= 15 is 0 Å². The van der Waals surface area contributed by atoms with Crippen molar-refractivity contribution >= 4 is 80.1 Å². The van der Waals surface area contributed by atoms with E-state index in [-0.39, 0.29) is 16.7 Å². The van der Waals surface area contributed by atoms with E-state index in [0.29, 0.717) is 5.92 Å². The predicted octanol–water partition coefficient (Wildman–Crippen LogP) is 16.4. The fourth-order valence-corrected chi connectivity index (χ4v) is 13.9. The predicted molar refractivity (Wildman–Crippen MR) is 262 cm³/mol. The first-order valence-electron chi connectivity index (χ1n) is 21.4. The molecule has 1 nitrogen and oxygen atoms in total. The van der Waals surface area contributed by atoms with Crippen molar-refractivity contribution in [1.29, 1.82) is 0 Å². The zero-order valence-corrected chi connectivity index (χ0v) is 35.6. The first-order valence-corrected chi connectivity index (χ1v) is 23.1. The van der Waals surface area contributed by atoms with Gasteiger partial charge in [0.2, 0.25) is 0 Å². The van der Waals surface area contributed by atoms with Gasteiger partial charge in [0, 0.05) is 58.6 Å². The van der Waals surface area contributed by atoms with Crippen LogP contribution in [0.3, 0.4) is 0 Å². The van der Waals surface area contributed by atoms with Crippen LogP contribution in [-0.4, -0.2) is 0 Å². The number of anilines is 3. The van der Waals surface area contributed by atoms with Gasteiger partial charge in [0.25, 0.3) is 0 Å². The SMILES string of the molecule is CC1(C)c2ccccc2C2(c3cc(-c4ccc(N(c5cccc6c5sc5ccccc56)c5cccc6sc7ccccc7c56)cc4)ccc3C3C=CC=CC32)c2ccccc21. The number of thiophene rings is 2. The number of hydrogen-bond donors (Lipinski definition) is 0. The summed E-state index contributed by atoms with van der Waals surface area (Å²) < 4.78 is 5.23. The molecule has 0 bridgehead atoms. The molecule has 2 atom stereocenters. The minimum Gasteiger partial charge on any atom is -0.308 e. The molecular formula is C58H41NS2. The van der Waals surface area contributed by atoms with Crippen LogP contribution in [0.4, 0.5) is 17.1 Å². The molecule has 0 amide bonds. The number of nitrogens with zero attached hydrogens (tertiary/aromatic N) is 1. The topological polar surface area (TPSA) is 3.24 Å². The molecule has 0 saturated heterocycles. The van der Waals surface area contributed by atoms with Crippen molar-refractivity contribution in [2.45, 2.75) is 30.6 Å². The van der Waals surface area contributed by atoms with Gasteiger partial charge in [0.1, 0.15) is 0 Å².